The first-order valence-corrected chi connectivity index (χ1v) is 10.6. The molecule has 2 saturated heterocycles. The van der Waals surface area contributed by atoms with Gasteiger partial charge < -0.3 is 10.2 Å². The van der Waals surface area contributed by atoms with Crippen molar-refractivity contribution in [2.45, 2.75) is 44.2 Å². The van der Waals surface area contributed by atoms with E-state index in [0.717, 1.165) is 44.3 Å². The van der Waals surface area contributed by atoms with Gasteiger partial charge in [0.15, 0.2) is 9.84 Å². The Morgan fingerprint density at radius 2 is 1.84 bits per heavy atom. The second-order valence-electron chi connectivity index (χ2n) is 6.86. The van der Waals surface area contributed by atoms with Crippen molar-refractivity contribution in [1.29, 1.82) is 0 Å². The molecule has 7 heteroatoms. The minimum absolute atomic E-state index is 0. The van der Waals surface area contributed by atoms with Gasteiger partial charge in [-0.1, -0.05) is 30.3 Å². The van der Waals surface area contributed by atoms with Crippen molar-refractivity contribution in [2.24, 2.45) is 0 Å². The van der Waals surface area contributed by atoms with Crippen molar-refractivity contribution in [3.63, 3.8) is 0 Å². The third-order valence-electron chi connectivity index (χ3n) is 5.05. The van der Waals surface area contributed by atoms with Crippen molar-refractivity contribution < 1.29 is 13.2 Å². The zero-order valence-corrected chi connectivity index (χ0v) is 16.0. The summed E-state index contributed by atoms with van der Waals surface area (Å²) in [4.78, 5) is 14.4. The number of carbonyl (C=O) groups excluding carboxylic acids is 1. The zero-order chi connectivity index (χ0) is 17.0. The van der Waals surface area contributed by atoms with Crippen molar-refractivity contribution in [3.05, 3.63) is 35.9 Å². The summed E-state index contributed by atoms with van der Waals surface area (Å²) in [5.41, 5.74) is 1.13. The smallest absolute Gasteiger partial charge is 0.238 e. The predicted octanol–water partition coefficient (Wildman–Crippen LogP) is 1.81. The summed E-state index contributed by atoms with van der Waals surface area (Å²) in [5.74, 6) is -0.463. The van der Waals surface area contributed by atoms with Gasteiger partial charge in [0.25, 0.3) is 0 Å². The lowest BCUT2D eigenvalue weighted by atomic mass is 10.1. The van der Waals surface area contributed by atoms with Crippen LogP contribution in [0.3, 0.4) is 0 Å². The van der Waals surface area contributed by atoms with Gasteiger partial charge in [0.2, 0.25) is 5.91 Å². The summed E-state index contributed by atoms with van der Waals surface area (Å²) in [6, 6.07) is 10.2. The number of fused-ring (bicyclic) bond motifs is 2. The number of nitrogens with one attached hydrogen (secondary N) is 1. The molecule has 1 amide bonds. The summed E-state index contributed by atoms with van der Waals surface area (Å²) < 4.78 is 24.7. The Labute approximate surface area is 156 Å². The number of amides is 1. The average Bonchev–Trinajstić information content (AvgIpc) is 2.81. The lowest BCUT2D eigenvalue weighted by Crippen LogP contribution is -2.45. The molecule has 0 radical (unpaired) electrons. The third kappa shape index (κ3) is 5.43. The normalized spacial score (nSPS) is 23.0. The van der Waals surface area contributed by atoms with E-state index in [1.807, 2.05) is 35.2 Å². The lowest BCUT2D eigenvalue weighted by molar-refractivity contribution is -0.130. The molecular weight excluding hydrogens is 360 g/mol. The van der Waals surface area contributed by atoms with E-state index < -0.39 is 9.84 Å². The molecule has 0 saturated carbocycles. The number of hydrogen-bond acceptors (Lipinski definition) is 4. The SMILES string of the molecule is Cl.O=C(CS(=O)(=O)CCCc1ccccc1)N1C2CCNCC1CC2. The fourth-order valence-corrected chi connectivity index (χ4v) is 5.12. The first-order valence-electron chi connectivity index (χ1n) is 8.81. The van der Waals surface area contributed by atoms with Crippen LogP contribution in [0.15, 0.2) is 30.3 Å². The van der Waals surface area contributed by atoms with Gasteiger partial charge in [-0.2, -0.15) is 0 Å². The fourth-order valence-electron chi connectivity index (χ4n) is 3.87. The number of carbonyl (C=O) groups is 1. The van der Waals surface area contributed by atoms with Gasteiger partial charge in [-0.25, -0.2) is 8.42 Å². The van der Waals surface area contributed by atoms with E-state index in [1.54, 1.807) is 0 Å². The maximum atomic E-state index is 12.6. The molecule has 2 unspecified atom stereocenters. The second kappa shape index (κ2) is 9.01. The van der Waals surface area contributed by atoms with Crippen molar-refractivity contribution in [3.8, 4) is 0 Å². The molecule has 2 atom stereocenters. The number of benzene rings is 1. The van der Waals surface area contributed by atoms with Gasteiger partial charge in [-0.05, 0) is 44.2 Å². The first kappa shape index (κ1) is 20.2. The molecule has 1 N–H and O–H groups in total. The molecule has 25 heavy (non-hydrogen) atoms. The Hall–Kier alpha value is -1.11. The second-order valence-corrected chi connectivity index (χ2v) is 9.04. The van der Waals surface area contributed by atoms with Crippen LogP contribution < -0.4 is 5.32 Å². The van der Waals surface area contributed by atoms with Crippen LogP contribution >= 0.6 is 12.4 Å². The Kier molecular flexibility index (Phi) is 7.28. The Balaban J connectivity index is 0.00000225. The lowest BCUT2D eigenvalue weighted by Gasteiger charge is -2.27. The van der Waals surface area contributed by atoms with Crippen LogP contribution in [0, 0.1) is 0 Å². The number of hydrogen-bond donors (Lipinski definition) is 1. The molecule has 2 heterocycles. The minimum atomic E-state index is -3.34. The highest BCUT2D eigenvalue weighted by atomic mass is 35.5. The van der Waals surface area contributed by atoms with E-state index in [2.05, 4.69) is 5.32 Å². The predicted molar refractivity (Wildman–Crippen MR) is 102 cm³/mol. The maximum Gasteiger partial charge on any atom is 0.238 e. The van der Waals surface area contributed by atoms with E-state index in [4.69, 9.17) is 0 Å². The minimum Gasteiger partial charge on any atom is -0.335 e. The molecule has 5 nitrogen and oxygen atoms in total. The maximum absolute atomic E-state index is 12.6. The Morgan fingerprint density at radius 1 is 1.12 bits per heavy atom. The van der Waals surface area contributed by atoms with Gasteiger partial charge in [-0.3, -0.25) is 4.79 Å². The Morgan fingerprint density at radius 3 is 2.60 bits per heavy atom. The van der Waals surface area contributed by atoms with Gasteiger partial charge in [0, 0.05) is 18.6 Å². The van der Waals surface area contributed by atoms with E-state index in [-0.39, 0.29) is 41.9 Å². The summed E-state index contributed by atoms with van der Waals surface area (Å²) in [7, 11) is -3.34. The molecule has 140 valence electrons. The summed E-state index contributed by atoms with van der Waals surface area (Å²) in [6.45, 7) is 1.70. The number of sulfone groups is 1. The van der Waals surface area contributed by atoms with Gasteiger partial charge in [0.1, 0.15) is 5.75 Å². The number of nitrogens with zero attached hydrogens (tertiary/aromatic N) is 1. The molecule has 2 aliphatic rings. The van der Waals surface area contributed by atoms with Crippen LogP contribution in [-0.4, -0.2) is 55.9 Å². The molecule has 0 aliphatic carbocycles. The molecule has 3 rings (SSSR count). The summed E-state index contributed by atoms with van der Waals surface area (Å²) in [6.07, 6.45) is 4.21. The molecule has 2 bridgehead atoms. The highest BCUT2D eigenvalue weighted by Gasteiger charge is 2.38. The van der Waals surface area contributed by atoms with Crippen molar-refractivity contribution >= 4 is 28.2 Å². The fraction of sp³-hybridized carbons (Fsp3) is 0.611. The number of halogens is 1. The highest BCUT2D eigenvalue weighted by molar-refractivity contribution is 7.92. The van der Waals surface area contributed by atoms with E-state index in [0.29, 0.717) is 6.42 Å². The van der Waals surface area contributed by atoms with E-state index >= 15 is 0 Å². The highest BCUT2D eigenvalue weighted by Crippen LogP contribution is 2.28. The van der Waals surface area contributed by atoms with Crippen LogP contribution in [-0.2, 0) is 21.1 Å². The van der Waals surface area contributed by atoms with Crippen LogP contribution in [0.2, 0.25) is 0 Å². The average molecular weight is 387 g/mol. The van der Waals surface area contributed by atoms with Crippen molar-refractivity contribution in [1.82, 2.24) is 10.2 Å². The largest absolute Gasteiger partial charge is 0.335 e. The van der Waals surface area contributed by atoms with Crippen LogP contribution in [0.1, 0.15) is 31.2 Å². The molecule has 1 aromatic rings. The van der Waals surface area contributed by atoms with Gasteiger partial charge >= 0.3 is 0 Å². The van der Waals surface area contributed by atoms with Gasteiger partial charge in [0.05, 0.1) is 5.75 Å². The number of aryl methyl sites for hydroxylation is 1. The summed E-state index contributed by atoms with van der Waals surface area (Å²) >= 11 is 0. The van der Waals surface area contributed by atoms with Gasteiger partial charge in [-0.15, -0.1) is 12.4 Å². The van der Waals surface area contributed by atoms with Crippen LogP contribution in [0.25, 0.3) is 0 Å². The van der Waals surface area contributed by atoms with Crippen molar-refractivity contribution in [2.75, 3.05) is 24.6 Å². The molecule has 0 aromatic heterocycles. The van der Waals surface area contributed by atoms with Crippen LogP contribution in [0.4, 0.5) is 0 Å². The first-order chi connectivity index (χ1) is 11.6. The summed E-state index contributed by atoms with van der Waals surface area (Å²) in [5, 5.41) is 3.34. The molecular formula is C18H27ClN2O3S. The van der Waals surface area contributed by atoms with E-state index in [1.165, 1.54) is 0 Å². The molecule has 0 spiro atoms. The van der Waals surface area contributed by atoms with E-state index in [9.17, 15) is 13.2 Å². The molecule has 1 aromatic carbocycles. The third-order valence-corrected chi connectivity index (χ3v) is 6.65. The Bertz CT molecular complexity index is 652. The molecule has 2 fully saturated rings. The zero-order valence-electron chi connectivity index (χ0n) is 14.4. The topological polar surface area (TPSA) is 66.5 Å². The quantitative estimate of drug-likeness (QED) is 0.809. The molecule has 2 aliphatic heterocycles. The van der Waals surface area contributed by atoms with Crippen LogP contribution in [0.5, 0.6) is 0 Å². The standard InChI is InChI=1S/C18H26N2O3S.ClH/c21-18(20-16-8-9-17(20)13-19-11-10-16)14-24(22,23)12-4-7-15-5-2-1-3-6-15;/h1-3,5-6,16-17,19H,4,7-14H2;1H. The number of rotatable bonds is 6. The monoisotopic (exact) mass is 386 g/mol.